The van der Waals surface area contributed by atoms with E-state index in [1.807, 2.05) is 0 Å². The predicted octanol–water partition coefficient (Wildman–Crippen LogP) is 4.26. The van der Waals surface area contributed by atoms with Crippen molar-refractivity contribution < 1.29 is 0 Å². The van der Waals surface area contributed by atoms with Crippen molar-refractivity contribution in [1.29, 1.82) is 0 Å². The summed E-state index contributed by atoms with van der Waals surface area (Å²) in [5, 5.41) is 6.76. The van der Waals surface area contributed by atoms with Crippen LogP contribution in [0.3, 0.4) is 0 Å². The molecular formula is C17H31IN4S. The van der Waals surface area contributed by atoms with Gasteiger partial charge >= 0.3 is 0 Å². The van der Waals surface area contributed by atoms with Gasteiger partial charge in [-0.25, -0.2) is 9.98 Å². The average Bonchev–Trinajstić information content (AvgIpc) is 2.93. The quantitative estimate of drug-likeness (QED) is 0.425. The molecule has 0 radical (unpaired) electrons. The molecule has 6 heteroatoms. The van der Waals surface area contributed by atoms with Gasteiger partial charge in [0, 0.05) is 30.4 Å². The SMILES string of the molecule is CCNC(=NCc1csc(C(C)(C)C)n1)N1CCC(C)CC1.I. The van der Waals surface area contributed by atoms with Crippen molar-refractivity contribution >= 4 is 41.3 Å². The molecule has 4 nitrogen and oxygen atoms in total. The number of likely N-dealkylation sites (tertiary alicyclic amines) is 1. The van der Waals surface area contributed by atoms with Gasteiger partial charge in [-0.1, -0.05) is 27.7 Å². The van der Waals surface area contributed by atoms with Gasteiger partial charge in [0.15, 0.2) is 5.96 Å². The minimum absolute atomic E-state index is 0. The molecule has 0 unspecified atom stereocenters. The normalized spacial score (nSPS) is 17.1. The highest BCUT2D eigenvalue weighted by Crippen LogP contribution is 2.25. The Hall–Kier alpha value is -0.370. The van der Waals surface area contributed by atoms with Crippen LogP contribution in [-0.2, 0) is 12.0 Å². The summed E-state index contributed by atoms with van der Waals surface area (Å²) in [5.41, 5.74) is 1.20. The molecular weight excluding hydrogens is 419 g/mol. The third-order valence-electron chi connectivity index (χ3n) is 4.00. The van der Waals surface area contributed by atoms with Crippen molar-refractivity contribution in [2.45, 2.75) is 59.4 Å². The summed E-state index contributed by atoms with van der Waals surface area (Å²) in [7, 11) is 0. The third-order valence-corrected chi connectivity index (χ3v) is 5.32. The predicted molar refractivity (Wildman–Crippen MR) is 111 cm³/mol. The Kier molecular flexibility index (Phi) is 8.27. The van der Waals surface area contributed by atoms with E-state index in [1.54, 1.807) is 11.3 Å². The lowest BCUT2D eigenvalue weighted by Gasteiger charge is -2.32. The zero-order valence-electron chi connectivity index (χ0n) is 15.1. The fourth-order valence-corrected chi connectivity index (χ4v) is 3.42. The van der Waals surface area contributed by atoms with E-state index in [4.69, 9.17) is 9.98 Å². The zero-order valence-corrected chi connectivity index (χ0v) is 18.2. The molecule has 0 bridgehead atoms. The lowest BCUT2D eigenvalue weighted by molar-refractivity contribution is 0.273. The summed E-state index contributed by atoms with van der Waals surface area (Å²) >= 11 is 1.74. The maximum Gasteiger partial charge on any atom is 0.194 e. The Morgan fingerprint density at radius 2 is 2.04 bits per heavy atom. The lowest BCUT2D eigenvalue weighted by atomic mass is 9.98. The number of piperidine rings is 1. The lowest BCUT2D eigenvalue weighted by Crippen LogP contribution is -2.45. The standard InChI is InChI=1S/C17H30N4S.HI/c1-6-18-16(21-9-7-13(2)8-10-21)19-11-14-12-22-15(20-14)17(3,4)5;/h12-13H,6-11H2,1-5H3,(H,18,19);1H. The highest BCUT2D eigenvalue weighted by Gasteiger charge is 2.20. The largest absolute Gasteiger partial charge is 0.357 e. The summed E-state index contributed by atoms with van der Waals surface area (Å²) in [6, 6.07) is 0. The van der Waals surface area contributed by atoms with Crippen LogP contribution in [0.2, 0.25) is 0 Å². The summed E-state index contributed by atoms with van der Waals surface area (Å²) in [4.78, 5) is 11.9. The van der Waals surface area contributed by atoms with E-state index in [1.165, 1.54) is 17.8 Å². The highest BCUT2D eigenvalue weighted by molar-refractivity contribution is 14.0. The monoisotopic (exact) mass is 450 g/mol. The molecule has 1 N–H and O–H groups in total. The minimum Gasteiger partial charge on any atom is -0.357 e. The van der Waals surface area contributed by atoms with Crippen molar-refractivity contribution in [1.82, 2.24) is 15.2 Å². The Bertz CT molecular complexity index is 499. The Morgan fingerprint density at radius 3 is 2.57 bits per heavy atom. The van der Waals surface area contributed by atoms with E-state index in [9.17, 15) is 0 Å². The molecule has 1 aromatic rings. The molecule has 0 aromatic carbocycles. The van der Waals surface area contributed by atoms with Crippen molar-refractivity contribution in [3.05, 3.63) is 16.1 Å². The van der Waals surface area contributed by atoms with Crippen LogP contribution in [0.5, 0.6) is 0 Å². The van der Waals surface area contributed by atoms with Crippen molar-refractivity contribution in [3.63, 3.8) is 0 Å². The van der Waals surface area contributed by atoms with Crippen molar-refractivity contribution in [2.24, 2.45) is 10.9 Å². The van der Waals surface area contributed by atoms with Crippen LogP contribution in [0.15, 0.2) is 10.4 Å². The van der Waals surface area contributed by atoms with Crippen molar-refractivity contribution in [3.8, 4) is 0 Å². The molecule has 132 valence electrons. The first-order valence-electron chi connectivity index (χ1n) is 8.38. The van der Waals surface area contributed by atoms with Crippen LogP contribution in [0, 0.1) is 5.92 Å². The maximum absolute atomic E-state index is 4.80. The summed E-state index contributed by atoms with van der Waals surface area (Å²) in [6.07, 6.45) is 2.52. The number of thiazole rings is 1. The van der Waals surface area contributed by atoms with Gasteiger partial charge in [0.1, 0.15) is 0 Å². The number of hydrogen-bond acceptors (Lipinski definition) is 3. The molecule has 0 amide bonds. The fourth-order valence-electron chi connectivity index (χ4n) is 2.53. The molecule has 1 aliphatic rings. The molecule has 0 atom stereocenters. The molecule has 0 spiro atoms. The van der Waals surface area contributed by atoms with E-state index in [-0.39, 0.29) is 29.4 Å². The van der Waals surface area contributed by atoms with Gasteiger partial charge in [0.25, 0.3) is 0 Å². The van der Waals surface area contributed by atoms with E-state index >= 15 is 0 Å². The molecule has 0 aliphatic carbocycles. The van der Waals surface area contributed by atoms with E-state index < -0.39 is 0 Å². The number of guanidine groups is 1. The minimum atomic E-state index is 0. The molecule has 23 heavy (non-hydrogen) atoms. The van der Waals surface area contributed by atoms with E-state index in [0.29, 0.717) is 6.54 Å². The van der Waals surface area contributed by atoms with Crippen molar-refractivity contribution in [2.75, 3.05) is 19.6 Å². The Balaban J connectivity index is 0.00000264. The Labute approximate surface area is 162 Å². The molecule has 1 aromatic heterocycles. The molecule has 1 fully saturated rings. The van der Waals surface area contributed by atoms with E-state index in [0.717, 1.165) is 37.2 Å². The summed E-state index contributed by atoms with van der Waals surface area (Å²) in [5.74, 6) is 1.88. The van der Waals surface area contributed by atoms with Crippen LogP contribution in [0.25, 0.3) is 0 Å². The van der Waals surface area contributed by atoms with Gasteiger partial charge in [0.05, 0.1) is 17.2 Å². The summed E-state index contributed by atoms with van der Waals surface area (Å²) in [6.45, 7) is 14.9. The summed E-state index contributed by atoms with van der Waals surface area (Å²) < 4.78 is 0. The zero-order chi connectivity index (χ0) is 16.2. The first-order valence-corrected chi connectivity index (χ1v) is 9.26. The molecule has 2 rings (SSSR count). The topological polar surface area (TPSA) is 40.5 Å². The van der Waals surface area contributed by atoms with Gasteiger partial charge < -0.3 is 10.2 Å². The maximum atomic E-state index is 4.80. The number of nitrogens with zero attached hydrogens (tertiary/aromatic N) is 3. The van der Waals surface area contributed by atoms with Crippen LogP contribution in [-0.4, -0.2) is 35.5 Å². The van der Waals surface area contributed by atoms with Crippen LogP contribution in [0.4, 0.5) is 0 Å². The van der Waals surface area contributed by atoms with Gasteiger partial charge in [-0.15, -0.1) is 35.3 Å². The van der Waals surface area contributed by atoms with E-state index in [2.05, 4.69) is 50.2 Å². The van der Waals surface area contributed by atoms with Gasteiger partial charge in [0.2, 0.25) is 0 Å². The number of aliphatic imine (C=N–C) groups is 1. The molecule has 1 aliphatic heterocycles. The van der Waals surface area contributed by atoms with Gasteiger partial charge in [-0.3, -0.25) is 0 Å². The first kappa shape index (κ1) is 20.7. The fraction of sp³-hybridized carbons (Fsp3) is 0.765. The first-order chi connectivity index (χ1) is 10.4. The third kappa shape index (κ3) is 6.21. The van der Waals surface area contributed by atoms with Crippen LogP contribution < -0.4 is 5.32 Å². The molecule has 2 heterocycles. The number of nitrogens with one attached hydrogen (secondary N) is 1. The molecule has 0 saturated carbocycles. The number of rotatable bonds is 3. The second kappa shape index (κ2) is 9.20. The molecule has 1 saturated heterocycles. The van der Waals surface area contributed by atoms with Gasteiger partial charge in [-0.2, -0.15) is 0 Å². The number of aromatic nitrogens is 1. The second-order valence-corrected chi connectivity index (χ2v) is 8.09. The van der Waals surface area contributed by atoms with Crippen LogP contribution in [0.1, 0.15) is 58.2 Å². The van der Waals surface area contributed by atoms with Crippen LogP contribution >= 0.6 is 35.3 Å². The number of halogens is 1. The average molecular weight is 450 g/mol. The smallest absolute Gasteiger partial charge is 0.194 e. The highest BCUT2D eigenvalue weighted by atomic mass is 127. The second-order valence-electron chi connectivity index (χ2n) is 7.23. The Morgan fingerprint density at radius 1 is 1.39 bits per heavy atom. The van der Waals surface area contributed by atoms with Gasteiger partial charge in [-0.05, 0) is 25.7 Å². The number of hydrogen-bond donors (Lipinski definition) is 1.